The highest BCUT2D eigenvalue weighted by Crippen LogP contribution is 2.27. The van der Waals surface area contributed by atoms with Gasteiger partial charge >= 0.3 is 5.97 Å². The van der Waals surface area contributed by atoms with Crippen LogP contribution in [0.3, 0.4) is 0 Å². The maximum atomic E-state index is 11.2. The maximum Gasteiger partial charge on any atom is 0.307 e. The van der Waals surface area contributed by atoms with Gasteiger partial charge in [0, 0.05) is 0 Å². The topological polar surface area (TPSA) is 66.4 Å². The van der Waals surface area contributed by atoms with Crippen LogP contribution in [0.4, 0.5) is 0 Å². The lowest BCUT2D eigenvalue weighted by Gasteiger charge is -2.05. The summed E-state index contributed by atoms with van der Waals surface area (Å²) in [4.78, 5) is 10.4. The van der Waals surface area contributed by atoms with Crippen LogP contribution in [0.5, 0.6) is 11.5 Å². The van der Waals surface area contributed by atoms with Crippen molar-refractivity contribution in [2.45, 2.75) is 13.3 Å². The van der Waals surface area contributed by atoms with Gasteiger partial charge in [0.1, 0.15) is 0 Å². The van der Waals surface area contributed by atoms with Crippen molar-refractivity contribution < 1.29 is 19.7 Å². The molecule has 0 atom stereocenters. The quantitative estimate of drug-likeness (QED) is 0.797. The van der Waals surface area contributed by atoms with E-state index >= 15 is 0 Å². The van der Waals surface area contributed by atoms with E-state index in [0.717, 1.165) is 0 Å². The van der Waals surface area contributed by atoms with Crippen LogP contribution in [0, 0.1) is 0 Å². The second-order valence-electron chi connectivity index (χ2n) is 2.78. The van der Waals surface area contributed by atoms with Crippen molar-refractivity contribution in [1.82, 2.24) is 0 Å². The Morgan fingerprint density at radius 2 is 2.21 bits per heavy atom. The second-order valence-corrected chi connectivity index (χ2v) is 2.78. The maximum absolute atomic E-state index is 11.2. The predicted octanol–water partition coefficient (Wildman–Crippen LogP) is 1.86. The molecule has 0 bridgehead atoms. The average molecular weight is 195 g/mol. The van der Waals surface area contributed by atoms with Gasteiger partial charge in [0.05, 0.1) is 13.0 Å². The lowest BCUT2D eigenvalue weighted by atomic mass is 10.1. The van der Waals surface area contributed by atoms with Crippen LogP contribution in [0.1, 0.15) is 12.5 Å². The molecule has 0 unspecified atom stereocenters. The van der Waals surface area contributed by atoms with E-state index in [4.69, 9.17) is 9.84 Å². The van der Waals surface area contributed by atoms with Gasteiger partial charge in [-0.2, -0.15) is 0 Å². The molecule has 14 heavy (non-hydrogen) atoms. The number of carbonyl (C=O) groups is 1. The fourth-order valence-corrected chi connectivity index (χ4v) is 1.11. The summed E-state index contributed by atoms with van der Waals surface area (Å²) in [6.45, 7) is 2.16. The van der Waals surface area contributed by atoms with E-state index in [2.05, 4.69) is 0 Å². The van der Waals surface area contributed by atoms with Gasteiger partial charge in [0.25, 0.3) is 0 Å². The van der Waals surface area contributed by atoms with Gasteiger partial charge in [-0.1, -0.05) is 6.07 Å². The van der Waals surface area contributed by atoms with Crippen molar-refractivity contribution in [1.29, 1.82) is 0 Å². The minimum atomic E-state index is -0.925. The summed E-state index contributed by atoms with van der Waals surface area (Å²) in [5.41, 5.74) is 0.570. The molecule has 0 fully saturated rings. The average Bonchev–Trinajstić information content (AvgIpc) is 2.10. The smallest absolute Gasteiger partial charge is 0.307 e. The number of hydrogen-bond acceptors (Lipinski definition) is 2. The minimum Gasteiger partial charge on any atom is -0.490 e. The van der Waals surface area contributed by atoms with Crippen LogP contribution in [0.2, 0.25) is 0 Å². The van der Waals surface area contributed by atoms with Gasteiger partial charge in [-0.15, -0.1) is 0 Å². The number of aliphatic carboxylic acids is 1. The van der Waals surface area contributed by atoms with Crippen LogP contribution < -0.4 is 4.74 Å². The van der Waals surface area contributed by atoms with Crippen LogP contribution >= 0.6 is 0 Å². The number of benzene rings is 1. The Labute approximate surface area is 81.8 Å². The van der Waals surface area contributed by atoms with Crippen molar-refractivity contribution in [3.8, 4) is 11.5 Å². The monoisotopic (exact) mass is 195 g/mol. The molecule has 0 saturated heterocycles. The molecule has 0 amide bonds. The molecule has 0 heterocycles. The minimum absolute atomic E-state index is 0.0969. The van der Waals surface area contributed by atoms with Gasteiger partial charge in [-0.25, -0.2) is 0 Å². The molecule has 0 aliphatic carbocycles. The molecule has 1 radical (unpaired) electrons. The summed E-state index contributed by atoms with van der Waals surface area (Å²) in [5.74, 6) is -0.932. The second kappa shape index (κ2) is 4.50. The van der Waals surface area contributed by atoms with Gasteiger partial charge < -0.3 is 9.84 Å². The van der Waals surface area contributed by atoms with E-state index in [9.17, 15) is 9.90 Å². The highest BCUT2D eigenvalue weighted by Gasteiger charge is 2.07. The normalized spacial score (nSPS) is 9.79. The lowest BCUT2D eigenvalue weighted by Crippen LogP contribution is -2.00. The van der Waals surface area contributed by atoms with Crippen molar-refractivity contribution in [3.63, 3.8) is 0 Å². The Bertz CT molecular complexity index is 333. The van der Waals surface area contributed by atoms with E-state index in [1.165, 1.54) is 18.2 Å². The largest absolute Gasteiger partial charge is 0.490 e. The number of hydrogen-bond donors (Lipinski definition) is 1. The van der Waals surface area contributed by atoms with Gasteiger partial charge in [0.2, 0.25) is 5.75 Å². The third-order valence-corrected chi connectivity index (χ3v) is 1.66. The fraction of sp³-hybridized carbons (Fsp3) is 0.300. The van der Waals surface area contributed by atoms with Crippen LogP contribution in [0.25, 0.3) is 0 Å². The zero-order chi connectivity index (χ0) is 10.6. The van der Waals surface area contributed by atoms with Crippen LogP contribution in [-0.2, 0) is 16.3 Å². The molecule has 4 nitrogen and oxygen atoms in total. The summed E-state index contributed by atoms with van der Waals surface area (Å²) in [7, 11) is 0. The zero-order valence-corrected chi connectivity index (χ0v) is 7.82. The molecule has 0 aromatic heterocycles. The third kappa shape index (κ3) is 2.65. The van der Waals surface area contributed by atoms with Crippen molar-refractivity contribution in [2.75, 3.05) is 6.61 Å². The Morgan fingerprint density at radius 1 is 1.50 bits per heavy atom. The molecular formula is C10H11O4. The van der Waals surface area contributed by atoms with Crippen molar-refractivity contribution in [2.24, 2.45) is 0 Å². The third-order valence-electron chi connectivity index (χ3n) is 1.66. The first-order chi connectivity index (χ1) is 6.63. The molecule has 1 aromatic rings. The zero-order valence-electron chi connectivity index (χ0n) is 7.82. The van der Waals surface area contributed by atoms with Gasteiger partial charge in [0.15, 0.2) is 5.75 Å². The van der Waals surface area contributed by atoms with Crippen LogP contribution in [-0.4, -0.2) is 17.7 Å². The summed E-state index contributed by atoms with van der Waals surface area (Å²) >= 11 is 0. The highest BCUT2D eigenvalue weighted by atomic mass is 16.5. The van der Waals surface area contributed by atoms with E-state index in [1.807, 2.05) is 0 Å². The molecular weight excluding hydrogens is 184 g/mol. The molecule has 0 spiro atoms. The Kier molecular flexibility index (Phi) is 3.34. The standard InChI is InChI=1S/C10H11O4/c1-2-14-9-5-7(6-10(12)13)3-4-8(9)11/h3-5H,2,6H2,1H3,(H,12,13). The van der Waals surface area contributed by atoms with Crippen molar-refractivity contribution >= 4 is 5.97 Å². The molecule has 0 aliphatic rings. The van der Waals surface area contributed by atoms with E-state index in [0.29, 0.717) is 12.2 Å². The number of rotatable bonds is 4. The summed E-state index contributed by atoms with van der Waals surface area (Å²) in [5, 5.41) is 19.7. The summed E-state index contributed by atoms with van der Waals surface area (Å²) < 4.78 is 5.05. The van der Waals surface area contributed by atoms with Gasteiger partial charge in [-0.3, -0.25) is 9.90 Å². The van der Waals surface area contributed by atoms with E-state index < -0.39 is 5.97 Å². The Balaban J connectivity index is 2.88. The van der Waals surface area contributed by atoms with E-state index in [1.54, 1.807) is 6.92 Å². The first-order valence-electron chi connectivity index (χ1n) is 4.28. The number of carboxylic acid groups (broad SMARTS) is 1. The first kappa shape index (κ1) is 10.4. The van der Waals surface area contributed by atoms with Gasteiger partial charge in [-0.05, 0) is 24.6 Å². The lowest BCUT2D eigenvalue weighted by molar-refractivity contribution is -0.136. The number of ether oxygens (including phenoxy) is 1. The molecule has 1 rings (SSSR count). The predicted molar refractivity (Wildman–Crippen MR) is 49.1 cm³/mol. The molecule has 1 N–H and O–H groups in total. The van der Waals surface area contributed by atoms with Crippen LogP contribution in [0.15, 0.2) is 18.2 Å². The summed E-state index contributed by atoms with van der Waals surface area (Å²) in [6, 6.07) is 4.29. The molecule has 75 valence electrons. The molecule has 0 saturated carbocycles. The molecule has 0 aliphatic heterocycles. The number of carboxylic acids is 1. The van der Waals surface area contributed by atoms with E-state index in [-0.39, 0.29) is 17.9 Å². The SMILES string of the molecule is CCOc1cc(CC(=O)O)ccc1[O]. The summed E-state index contributed by atoms with van der Waals surface area (Å²) in [6.07, 6.45) is -0.0969. The fourth-order valence-electron chi connectivity index (χ4n) is 1.11. The molecule has 1 aromatic carbocycles. The molecule has 4 heteroatoms. The Morgan fingerprint density at radius 3 is 2.79 bits per heavy atom. The van der Waals surface area contributed by atoms with Crippen molar-refractivity contribution in [3.05, 3.63) is 23.8 Å². The highest BCUT2D eigenvalue weighted by molar-refractivity contribution is 5.70. The Hall–Kier alpha value is -1.71. The first-order valence-corrected chi connectivity index (χ1v) is 4.28.